The molecule has 1 aromatic heterocycles. The Labute approximate surface area is 210 Å². The van der Waals surface area contributed by atoms with Crippen LogP contribution in [0.25, 0.3) is 0 Å². The molecule has 1 aromatic carbocycles. The van der Waals surface area contributed by atoms with Gasteiger partial charge < -0.3 is 15.2 Å². The van der Waals surface area contributed by atoms with Crippen molar-refractivity contribution in [3.63, 3.8) is 0 Å². The molecule has 36 heavy (non-hydrogen) atoms. The number of β-lactam (4-membered cyclic amide) rings is 1. The van der Waals surface area contributed by atoms with Gasteiger partial charge in [0.05, 0.1) is 18.6 Å². The lowest BCUT2D eigenvalue weighted by Gasteiger charge is -2.43. The predicted molar refractivity (Wildman–Crippen MR) is 132 cm³/mol. The summed E-state index contributed by atoms with van der Waals surface area (Å²) in [5, 5.41) is 15.0. The summed E-state index contributed by atoms with van der Waals surface area (Å²) < 4.78 is 5.14. The topological polar surface area (TPSA) is 138 Å². The molecule has 1 aliphatic heterocycles. The predicted octanol–water partition coefficient (Wildman–Crippen LogP) is 4.14. The minimum Gasteiger partial charge on any atom is -0.480 e. The normalized spacial score (nSPS) is 17.6. The van der Waals surface area contributed by atoms with Crippen molar-refractivity contribution in [1.82, 2.24) is 15.2 Å². The second kappa shape index (κ2) is 12.7. The first-order valence-electron chi connectivity index (χ1n) is 12.1. The van der Waals surface area contributed by atoms with Crippen molar-refractivity contribution in [2.24, 2.45) is 5.92 Å². The lowest BCUT2D eigenvalue weighted by molar-refractivity contribution is -0.165. The third kappa shape index (κ3) is 6.80. The van der Waals surface area contributed by atoms with Crippen molar-refractivity contribution in [3.8, 4) is 0 Å². The second-order valence-corrected chi connectivity index (χ2v) is 8.75. The Morgan fingerprint density at radius 2 is 1.89 bits per heavy atom. The van der Waals surface area contributed by atoms with Crippen LogP contribution in [-0.4, -0.2) is 51.6 Å². The number of carboxylic acid groups (broad SMARTS) is 1. The van der Waals surface area contributed by atoms with Gasteiger partial charge in [-0.15, -0.1) is 0 Å². The third-order valence-corrected chi connectivity index (χ3v) is 6.07. The summed E-state index contributed by atoms with van der Waals surface area (Å²) in [6.45, 7) is 4.16. The molecule has 1 fully saturated rings. The number of anilines is 1. The van der Waals surface area contributed by atoms with Crippen LogP contribution in [0.4, 0.5) is 15.4 Å². The first-order chi connectivity index (χ1) is 17.3. The zero-order chi connectivity index (χ0) is 26.1. The average molecular weight is 497 g/mol. The quantitative estimate of drug-likeness (QED) is 0.314. The number of urea groups is 1. The van der Waals surface area contributed by atoms with Crippen LogP contribution in [-0.2, 0) is 20.7 Å². The van der Waals surface area contributed by atoms with Gasteiger partial charge in [0.25, 0.3) is 0 Å². The monoisotopic (exact) mass is 496 g/mol. The van der Waals surface area contributed by atoms with Crippen LogP contribution in [0.3, 0.4) is 0 Å². The Bertz CT molecular complexity index is 1080. The highest BCUT2D eigenvalue weighted by molar-refractivity contribution is 6.07. The standard InChI is InChI=1S/C26H32N4O6/c1-3-4-5-9-14-36-26(35)29-21-16-18(12-13-27-21)15-20-22(24(32)33)30(23(20)31)25(34)28-17(2)19-10-7-6-8-11-19/h6-8,10-13,16-17,20,22H,3-5,9,14-15H2,1-2H3,(H,28,34)(H,32,33)(H,27,29,35). The maximum absolute atomic E-state index is 12.8. The number of hydrogen-bond acceptors (Lipinski definition) is 6. The van der Waals surface area contributed by atoms with Crippen LogP contribution in [0.1, 0.15) is 56.7 Å². The number of amides is 4. The van der Waals surface area contributed by atoms with E-state index in [-0.39, 0.29) is 12.2 Å². The smallest absolute Gasteiger partial charge is 0.412 e. The zero-order valence-corrected chi connectivity index (χ0v) is 20.5. The summed E-state index contributed by atoms with van der Waals surface area (Å²) in [6, 6.07) is 9.91. The molecule has 0 radical (unpaired) electrons. The molecule has 0 bridgehead atoms. The number of pyridine rings is 1. The number of rotatable bonds is 11. The molecule has 2 heterocycles. The number of unbranched alkanes of at least 4 members (excludes halogenated alkanes) is 3. The first kappa shape index (κ1) is 26.7. The molecule has 10 heteroatoms. The minimum atomic E-state index is -1.29. The Kier molecular flexibility index (Phi) is 9.38. The van der Waals surface area contributed by atoms with Gasteiger partial charge in [-0.25, -0.2) is 24.3 Å². The van der Waals surface area contributed by atoms with E-state index in [1.807, 2.05) is 30.3 Å². The number of carbonyl (C=O) groups is 4. The van der Waals surface area contributed by atoms with Gasteiger partial charge in [0, 0.05) is 6.20 Å². The van der Waals surface area contributed by atoms with E-state index in [0.29, 0.717) is 12.2 Å². The van der Waals surface area contributed by atoms with E-state index in [9.17, 15) is 24.3 Å². The summed E-state index contributed by atoms with van der Waals surface area (Å²) >= 11 is 0. The lowest BCUT2D eigenvalue weighted by Crippen LogP contribution is -2.68. The van der Waals surface area contributed by atoms with Crippen molar-refractivity contribution in [1.29, 1.82) is 0 Å². The highest BCUT2D eigenvalue weighted by Gasteiger charge is 2.54. The van der Waals surface area contributed by atoms with Gasteiger partial charge in [-0.3, -0.25) is 10.1 Å². The number of ether oxygens (including phenoxy) is 1. The third-order valence-electron chi connectivity index (χ3n) is 6.07. The number of carboxylic acids is 1. The highest BCUT2D eigenvalue weighted by Crippen LogP contribution is 2.31. The number of nitrogens with one attached hydrogen (secondary N) is 2. The molecule has 0 saturated carbocycles. The van der Waals surface area contributed by atoms with Crippen molar-refractivity contribution in [3.05, 3.63) is 59.8 Å². The fraction of sp³-hybridized carbons (Fsp3) is 0.423. The Morgan fingerprint density at radius 1 is 1.14 bits per heavy atom. The van der Waals surface area contributed by atoms with Gasteiger partial charge in [0.1, 0.15) is 5.82 Å². The molecule has 4 amide bonds. The maximum atomic E-state index is 12.8. The van der Waals surface area contributed by atoms with Crippen molar-refractivity contribution in [2.45, 2.75) is 58.0 Å². The molecule has 192 valence electrons. The molecule has 3 unspecified atom stereocenters. The number of likely N-dealkylation sites (tertiary alicyclic amines) is 1. The van der Waals surface area contributed by atoms with Crippen LogP contribution in [0.2, 0.25) is 0 Å². The van der Waals surface area contributed by atoms with E-state index in [1.165, 1.54) is 6.20 Å². The van der Waals surface area contributed by atoms with Crippen molar-refractivity contribution >= 4 is 29.8 Å². The fourth-order valence-electron chi connectivity index (χ4n) is 4.09. The summed E-state index contributed by atoms with van der Waals surface area (Å²) in [5.41, 5.74) is 1.43. The molecule has 3 rings (SSSR count). The SMILES string of the molecule is CCCCCCOC(=O)Nc1cc(CC2C(=O)N(C(=O)NC(C)c3ccccc3)C2C(=O)O)ccn1. The Balaban J connectivity index is 1.58. The van der Waals surface area contributed by atoms with E-state index in [4.69, 9.17) is 4.74 Å². The summed E-state index contributed by atoms with van der Waals surface area (Å²) in [4.78, 5) is 54.2. The lowest BCUT2D eigenvalue weighted by atomic mass is 9.82. The van der Waals surface area contributed by atoms with Gasteiger partial charge >= 0.3 is 18.1 Å². The molecule has 1 aliphatic rings. The van der Waals surface area contributed by atoms with Gasteiger partial charge in [0.2, 0.25) is 5.91 Å². The van der Waals surface area contributed by atoms with Crippen LogP contribution in [0.15, 0.2) is 48.7 Å². The minimum absolute atomic E-state index is 0.0804. The van der Waals surface area contributed by atoms with Crippen LogP contribution < -0.4 is 10.6 Å². The second-order valence-electron chi connectivity index (χ2n) is 8.75. The molecule has 2 aromatic rings. The van der Waals surface area contributed by atoms with Crippen LogP contribution >= 0.6 is 0 Å². The molecule has 0 aliphatic carbocycles. The number of nitrogens with zero attached hydrogens (tertiary/aromatic N) is 2. The number of hydrogen-bond donors (Lipinski definition) is 3. The number of benzene rings is 1. The van der Waals surface area contributed by atoms with E-state index < -0.39 is 42.0 Å². The zero-order valence-electron chi connectivity index (χ0n) is 20.5. The summed E-state index contributed by atoms with van der Waals surface area (Å²) in [5.74, 6) is -2.52. The molecular weight excluding hydrogens is 464 g/mol. The Hall–Kier alpha value is -3.95. The fourth-order valence-corrected chi connectivity index (χ4v) is 4.09. The van der Waals surface area contributed by atoms with Gasteiger partial charge in [-0.1, -0.05) is 56.5 Å². The van der Waals surface area contributed by atoms with Crippen molar-refractivity contribution in [2.75, 3.05) is 11.9 Å². The van der Waals surface area contributed by atoms with E-state index in [1.54, 1.807) is 19.1 Å². The van der Waals surface area contributed by atoms with Crippen LogP contribution in [0, 0.1) is 5.92 Å². The molecule has 1 saturated heterocycles. The number of aliphatic carboxylic acids is 1. The molecule has 3 N–H and O–H groups in total. The summed E-state index contributed by atoms with van der Waals surface area (Å²) in [6.07, 6.45) is 4.84. The molecule has 10 nitrogen and oxygen atoms in total. The van der Waals surface area contributed by atoms with E-state index >= 15 is 0 Å². The maximum Gasteiger partial charge on any atom is 0.412 e. The first-order valence-corrected chi connectivity index (χ1v) is 12.1. The summed E-state index contributed by atoms with van der Waals surface area (Å²) in [7, 11) is 0. The average Bonchev–Trinajstić information content (AvgIpc) is 2.85. The largest absolute Gasteiger partial charge is 0.480 e. The van der Waals surface area contributed by atoms with Gasteiger partial charge in [-0.05, 0) is 43.0 Å². The van der Waals surface area contributed by atoms with Gasteiger partial charge in [0.15, 0.2) is 6.04 Å². The van der Waals surface area contributed by atoms with E-state index in [2.05, 4.69) is 22.5 Å². The number of aromatic nitrogens is 1. The number of imide groups is 1. The number of carbonyl (C=O) groups excluding carboxylic acids is 3. The van der Waals surface area contributed by atoms with Crippen LogP contribution in [0.5, 0.6) is 0 Å². The Morgan fingerprint density at radius 3 is 2.58 bits per heavy atom. The highest BCUT2D eigenvalue weighted by atomic mass is 16.5. The van der Waals surface area contributed by atoms with Gasteiger partial charge in [-0.2, -0.15) is 0 Å². The van der Waals surface area contributed by atoms with Crippen molar-refractivity contribution < 1.29 is 29.0 Å². The molecular formula is C26H32N4O6. The van der Waals surface area contributed by atoms with E-state index in [0.717, 1.165) is 36.1 Å². The molecule has 3 atom stereocenters. The molecule has 0 spiro atoms.